The van der Waals surface area contributed by atoms with Crippen LogP contribution in [0.1, 0.15) is 15.9 Å². The first-order valence-electron chi connectivity index (χ1n) is 8.70. The summed E-state index contributed by atoms with van der Waals surface area (Å²) in [5, 5.41) is 5.54. The summed E-state index contributed by atoms with van der Waals surface area (Å²) >= 11 is 0. The lowest BCUT2D eigenvalue weighted by molar-refractivity contribution is -0.115. The van der Waals surface area contributed by atoms with Crippen LogP contribution in [0.5, 0.6) is 0 Å². The molecule has 0 bridgehead atoms. The van der Waals surface area contributed by atoms with Crippen LogP contribution in [0.4, 0.5) is 11.4 Å². The van der Waals surface area contributed by atoms with Crippen molar-refractivity contribution >= 4 is 23.2 Å². The van der Waals surface area contributed by atoms with Gasteiger partial charge in [-0.15, -0.1) is 0 Å². The molecule has 1 aliphatic rings. The molecule has 26 heavy (non-hydrogen) atoms. The normalized spacial score (nSPS) is 14.0. The van der Waals surface area contributed by atoms with Crippen molar-refractivity contribution in [2.24, 2.45) is 0 Å². The predicted octanol–water partition coefficient (Wildman–Crippen LogP) is 2.20. The van der Waals surface area contributed by atoms with Gasteiger partial charge in [-0.25, -0.2) is 0 Å². The largest absolute Gasteiger partial charge is 0.378 e. The van der Waals surface area contributed by atoms with E-state index in [1.165, 1.54) is 0 Å². The molecule has 2 aromatic carbocycles. The molecule has 6 nitrogen and oxygen atoms in total. The van der Waals surface area contributed by atoms with E-state index in [9.17, 15) is 9.59 Å². The number of hydrogen-bond acceptors (Lipinski definition) is 4. The summed E-state index contributed by atoms with van der Waals surface area (Å²) in [6, 6.07) is 14.9. The van der Waals surface area contributed by atoms with Crippen LogP contribution in [0, 0.1) is 6.92 Å². The highest BCUT2D eigenvalue weighted by Gasteiger charge is 2.16. The van der Waals surface area contributed by atoms with Crippen molar-refractivity contribution in [3.63, 3.8) is 0 Å². The first-order valence-corrected chi connectivity index (χ1v) is 8.70. The van der Waals surface area contributed by atoms with Crippen molar-refractivity contribution in [3.05, 3.63) is 59.7 Å². The maximum absolute atomic E-state index is 12.3. The summed E-state index contributed by atoms with van der Waals surface area (Å²) in [6.45, 7) is 4.81. The number of anilines is 2. The Morgan fingerprint density at radius 3 is 2.46 bits per heavy atom. The third-order valence-electron chi connectivity index (χ3n) is 4.25. The Kier molecular flexibility index (Phi) is 5.86. The van der Waals surface area contributed by atoms with E-state index in [1.54, 1.807) is 12.1 Å². The monoisotopic (exact) mass is 353 g/mol. The molecule has 0 aromatic heterocycles. The van der Waals surface area contributed by atoms with Crippen LogP contribution in [0.2, 0.25) is 0 Å². The van der Waals surface area contributed by atoms with Gasteiger partial charge in [-0.3, -0.25) is 9.59 Å². The number of hydrogen-bond donors (Lipinski definition) is 2. The van der Waals surface area contributed by atoms with Crippen LogP contribution < -0.4 is 15.5 Å². The highest BCUT2D eigenvalue weighted by atomic mass is 16.5. The van der Waals surface area contributed by atoms with Gasteiger partial charge in [0.2, 0.25) is 5.91 Å². The molecule has 2 amide bonds. The SMILES string of the molecule is Cc1ccc(C(=O)NCC(=O)Nc2ccccc2N2CCOCC2)cc1. The average molecular weight is 353 g/mol. The Labute approximate surface area is 153 Å². The van der Waals surface area contributed by atoms with E-state index < -0.39 is 0 Å². The van der Waals surface area contributed by atoms with Gasteiger partial charge in [0.15, 0.2) is 0 Å². The van der Waals surface area contributed by atoms with E-state index in [-0.39, 0.29) is 18.4 Å². The van der Waals surface area contributed by atoms with E-state index in [1.807, 2.05) is 43.3 Å². The molecule has 0 radical (unpaired) electrons. The van der Waals surface area contributed by atoms with Crippen molar-refractivity contribution in [1.82, 2.24) is 5.32 Å². The van der Waals surface area contributed by atoms with Gasteiger partial charge < -0.3 is 20.3 Å². The number of amides is 2. The van der Waals surface area contributed by atoms with Gasteiger partial charge in [0.25, 0.3) is 5.91 Å². The Morgan fingerprint density at radius 1 is 1.04 bits per heavy atom. The summed E-state index contributed by atoms with van der Waals surface area (Å²) < 4.78 is 5.38. The topological polar surface area (TPSA) is 70.7 Å². The van der Waals surface area contributed by atoms with E-state index in [2.05, 4.69) is 15.5 Å². The minimum atomic E-state index is -0.262. The number of ether oxygens (including phenoxy) is 1. The first kappa shape index (κ1) is 17.9. The molecule has 1 heterocycles. The van der Waals surface area contributed by atoms with Crippen LogP contribution in [-0.2, 0) is 9.53 Å². The molecule has 0 atom stereocenters. The van der Waals surface area contributed by atoms with Crippen molar-refractivity contribution in [3.8, 4) is 0 Å². The van der Waals surface area contributed by atoms with Gasteiger partial charge >= 0.3 is 0 Å². The Balaban J connectivity index is 1.58. The second-order valence-electron chi connectivity index (χ2n) is 6.21. The minimum absolute atomic E-state index is 0.0792. The lowest BCUT2D eigenvalue weighted by atomic mass is 10.1. The third-order valence-corrected chi connectivity index (χ3v) is 4.25. The zero-order valence-corrected chi connectivity index (χ0v) is 14.8. The van der Waals surface area contributed by atoms with Gasteiger partial charge in [0, 0.05) is 18.7 Å². The standard InChI is InChI=1S/C20H23N3O3/c1-15-6-8-16(9-7-15)20(25)21-14-19(24)22-17-4-2-3-5-18(17)23-10-12-26-13-11-23/h2-9H,10-14H2,1H3,(H,21,25)(H,22,24). The molecule has 0 unspecified atom stereocenters. The van der Waals surface area contributed by atoms with Crippen molar-refractivity contribution < 1.29 is 14.3 Å². The highest BCUT2D eigenvalue weighted by molar-refractivity contribution is 6.00. The van der Waals surface area contributed by atoms with Gasteiger partial charge in [-0.1, -0.05) is 29.8 Å². The van der Waals surface area contributed by atoms with Crippen molar-refractivity contribution in [2.75, 3.05) is 43.1 Å². The van der Waals surface area contributed by atoms with Crippen molar-refractivity contribution in [1.29, 1.82) is 0 Å². The van der Waals surface area contributed by atoms with Crippen LogP contribution in [0.25, 0.3) is 0 Å². The number of morpholine rings is 1. The van der Waals surface area contributed by atoms with Gasteiger partial charge in [-0.2, -0.15) is 0 Å². The Hall–Kier alpha value is -2.86. The third kappa shape index (κ3) is 4.61. The second kappa shape index (κ2) is 8.49. The van der Waals surface area contributed by atoms with Crippen LogP contribution in [0.15, 0.2) is 48.5 Å². The molecule has 1 saturated heterocycles. The van der Waals surface area contributed by atoms with E-state index in [4.69, 9.17) is 4.74 Å². The zero-order valence-electron chi connectivity index (χ0n) is 14.8. The number of nitrogens with one attached hydrogen (secondary N) is 2. The van der Waals surface area contributed by atoms with Crippen LogP contribution in [-0.4, -0.2) is 44.7 Å². The van der Waals surface area contributed by atoms with Gasteiger partial charge in [-0.05, 0) is 31.2 Å². The summed E-state index contributed by atoms with van der Waals surface area (Å²) in [5.41, 5.74) is 3.33. The number of rotatable bonds is 5. The molecule has 0 saturated carbocycles. The average Bonchev–Trinajstić information content (AvgIpc) is 2.68. The fourth-order valence-electron chi connectivity index (χ4n) is 2.82. The molecule has 1 fully saturated rings. The molecule has 1 aliphatic heterocycles. The highest BCUT2D eigenvalue weighted by Crippen LogP contribution is 2.26. The van der Waals surface area contributed by atoms with Crippen LogP contribution in [0.3, 0.4) is 0 Å². The summed E-state index contributed by atoms with van der Waals surface area (Å²) in [6.07, 6.45) is 0. The summed E-state index contributed by atoms with van der Waals surface area (Å²) in [4.78, 5) is 26.6. The van der Waals surface area contributed by atoms with E-state index in [0.717, 1.165) is 30.0 Å². The first-order chi connectivity index (χ1) is 12.6. The minimum Gasteiger partial charge on any atom is -0.378 e. The lowest BCUT2D eigenvalue weighted by Gasteiger charge is -2.30. The molecule has 0 aliphatic carbocycles. The predicted molar refractivity (Wildman–Crippen MR) is 102 cm³/mol. The number of nitrogens with zero attached hydrogens (tertiary/aromatic N) is 1. The Morgan fingerprint density at radius 2 is 1.73 bits per heavy atom. The molecule has 6 heteroatoms. The zero-order chi connectivity index (χ0) is 18.4. The van der Waals surface area contributed by atoms with Crippen LogP contribution >= 0.6 is 0 Å². The maximum Gasteiger partial charge on any atom is 0.251 e. The molecule has 3 rings (SSSR count). The lowest BCUT2D eigenvalue weighted by Crippen LogP contribution is -2.37. The number of benzene rings is 2. The number of para-hydroxylation sites is 2. The maximum atomic E-state index is 12.3. The smallest absolute Gasteiger partial charge is 0.251 e. The van der Waals surface area contributed by atoms with E-state index in [0.29, 0.717) is 18.8 Å². The molecule has 2 aromatic rings. The Bertz CT molecular complexity index is 768. The molecule has 2 N–H and O–H groups in total. The molecule has 0 spiro atoms. The van der Waals surface area contributed by atoms with Gasteiger partial charge in [0.05, 0.1) is 31.1 Å². The molecule has 136 valence electrons. The number of aryl methyl sites for hydroxylation is 1. The second-order valence-corrected chi connectivity index (χ2v) is 6.21. The van der Waals surface area contributed by atoms with Crippen molar-refractivity contribution in [2.45, 2.75) is 6.92 Å². The summed E-state index contributed by atoms with van der Waals surface area (Å²) in [5.74, 6) is -0.521. The fourth-order valence-corrected chi connectivity index (χ4v) is 2.82. The quantitative estimate of drug-likeness (QED) is 0.865. The number of carbonyl (C=O) groups is 2. The summed E-state index contributed by atoms with van der Waals surface area (Å²) in [7, 11) is 0. The molecular weight excluding hydrogens is 330 g/mol. The van der Waals surface area contributed by atoms with E-state index >= 15 is 0 Å². The fraction of sp³-hybridized carbons (Fsp3) is 0.300. The number of carbonyl (C=O) groups excluding carboxylic acids is 2. The molecular formula is C20H23N3O3. The van der Waals surface area contributed by atoms with Gasteiger partial charge in [0.1, 0.15) is 0 Å².